The number of likely N-dealkylation sites (tertiary alicyclic amines) is 1. The lowest BCUT2D eigenvalue weighted by Gasteiger charge is -2.34. The quantitative estimate of drug-likeness (QED) is 0.779. The molecule has 0 spiro atoms. The summed E-state index contributed by atoms with van der Waals surface area (Å²) in [6, 6.07) is 0.879. The molecule has 0 bridgehead atoms. The SMILES string of the molecule is CCC1CCN(CC2(CNC3CC3)CCCC2)C1. The molecule has 1 aliphatic heterocycles. The molecular formula is C16H30N2. The highest BCUT2D eigenvalue weighted by Gasteiger charge is 2.38. The molecule has 0 aromatic rings. The van der Waals surface area contributed by atoms with Gasteiger partial charge in [0.2, 0.25) is 0 Å². The summed E-state index contributed by atoms with van der Waals surface area (Å²) < 4.78 is 0. The molecule has 1 N–H and O–H groups in total. The van der Waals surface area contributed by atoms with Crippen molar-refractivity contribution in [3.05, 3.63) is 0 Å². The third kappa shape index (κ3) is 3.08. The molecule has 1 saturated heterocycles. The number of nitrogens with one attached hydrogen (secondary N) is 1. The van der Waals surface area contributed by atoms with Gasteiger partial charge in [-0.1, -0.05) is 26.2 Å². The minimum Gasteiger partial charge on any atom is -0.313 e. The standard InChI is InChI=1S/C16H30N2/c1-2-14-7-10-18(11-14)13-16(8-3-4-9-16)12-17-15-5-6-15/h14-15,17H,2-13H2,1H3. The monoisotopic (exact) mass is 250 g/mol. The summed E-state index contributed by atoms with van der Waals surface area (Å²) in [5.74, 6) is 0.986. The van der Waals surface area contributed by atoms with Crippen molar-refractivity contribution in [1.29, 1.82) is 0 Å². The maximum atomic E-state index is 3.81. The molecule has 2 nitrogen and oxygen atoms in total. The van der Waals surface area contributed by atoms with Gasteiger partial charge >= 0.3 is 0 Å². The van der Waals surface area contributed by atoms with Crippen molar-refractivity contribution in [2.45, 2.75) is 64.3 Å². The van der Waals surface area contributed by atoms with E-state index < -0.39 is 0 Å². The Balaban J connectivity index is 1.52. The molecule has 2 saturated carbocycles. The summed E-state index contributed by atoms with van der Waals surface area (Å²) in [6.07, 6.45) is 11.6. The van der Waals surface area contributed by atoms with Crippen LogP contribution in [0.2, 0.25) is 0 Å². The number of rotatable bonds is 6. The summed E-state index contributed by atoms with van der Waals surface area (Å²) in [7, 11) is 0. The topological polar surface area (TPSA) is 15.3 Å². The van der Waals surface area contributed by atoms with Crippen LogP contribution in [0.25, 0.3) is 0 Å². The average molecular weight is 250 g/mol. The summed E-state index contributed by atoms with van der Waals surface area (Å²) in [4.78, 5) is 2.77. The van der Waals surface area contributed by atoms with Crippen molar-refractivity contribution in [2.24, 2.45) is 11.3 Å². The summed E-state index contributed by atoms with van der Waals surface area (Å²) in [6.45, 7) is 7.77. The Morgan fingerprint density at radius 2 is 1.94 bits per heavy atom. The predicted molar refractivity (Wildman–Crippen MR) is 76.8 cm³/mol. The fraction of sp³-hybridized carbons (Fsp3) is 1.00. The predicted octanol–water partition coefficient (Wildman–Crippen LogP) is 3.03. The summed E-state index contributed by atoms with van der Waals surface area (Å²) in [5, 5.41) is 3.81. The van der Waals surface area contributed by atoms with Crippen molar-refractivity contribution < 1.29 is 0 Å². The Labute approximate surface area is 113 Å². The molecular weight excluding hydrogens is 220 g/mol. The first-order chi connectivity index (χ1) is 8.80. The van der Waals surface area contributed by atoms with Crippen molar-refractivity contribution >= 4 is 0 Å². The van der Waals surface area contributed by atoms with E-state index in [-0.39, 0.29) is 0 Å². The molecule has 3 fully saturated rings. The zero-order valence-corrected chi connectivity index (χ0v) is 12.1. The van der Waals surface area contributed by atoms with E-state index in [1.807, 2.05) is 0 Å². The van der Waals surface area contributed by atoms with Gasteiger partial charge in [0.05, 0.1) is 0 Å². The van der Waals surface area contributed by atoms with Crippen LogP contribution in [0.3, 0.4) is 0 Å². The van der Waals surface area contributed by atoms with Gasteiger partial charge in [-0.3, -0.25) is 0 Å². The maximum Gasteiger partial charge on any atom is 0.00684 e. The molecule has 3 rings (SSSR count). The minimum absolute atomic E-state index is 0.630. The Morgan fingerprint density at radius 1 is 1.17 bits per heavy atom. The second-order valence-corrected chi connectivity index (χ2v) is 7.16. The Kier molecular flexibility index (Phi) is 3.95. The van der Waals surface area contributed by atoms with Crippen LogP contribution in [0, 0.1) is 11.3 Å². The van der Waals surface area contributed by atoms with Crippen molar-refractivity contribution in [1.82, 2.24) is 10.2 Å². The molecule has 1 atom stereocenters. The van der Waals surface area contributed by atoms with Gasteiger partial charge in [0.1, 0.15) is 0 Å². The first kappa shape index (κ1) is 12.9. The fourth-order valence-electron chi connectivity index (χ4n) is 4.03. The third-order valence-corrected chi connectivity index (χ3v) is 5.51. The minimum atomic E-state index is 0.630. The van der Waals surface area contributed by atoms with Gasteiger partial charge in [-0.05, 0) is 50.0 Å². The average Bonchev–Trinajstić information content (AvgIpc) is 2.93. The molecule has 104 valence electrons. The molecule has 3 aliphatic rings. The second-order valence-electron chi connectivity index (χ2n) is 7.16. The second kappa shape index (κ2) is 5.50. The van der Waals surface area contributed by atoms with Gasteiger partial charge in [0.25, 0.3) is 0 Å². The molecule has 2 aliphatic carbocycles. The van der Waals surface area contributed by atoms with Crippen LogP contribution in [-0.4, -0.2) is 37.1 Å². The van der Waals surface area contributed by atoms with E-state index in [1.165, 1.54) is 77.5 Å². The van der Waals surface area contributed by atoms with Gasteiger partial charge < -0.3 is 10.2 Å². The third-order valence-electron chi connectivity index (χ3n) is 5.51. The van der Waals surface area contributed by atoms with Crippen LogP contribution in [0.15, 0.2) is 0 Å². The molecule has 0 aromatic heterocycles. The van der Waals surface area contributed by atoms with Gasteiger partial charge in [-0.15, -0.1) is 0 Å². The van der Waals surface area contributed by atoms with Crippen molar-refractivity contribution in [3.63, 3.8) is 0 Å². The van der Waals surface area contributed by atoms with E-state index in [1.54, 1.807) is 0 Å². The lowest BCUT2D eigenvalue weighted by molar-refractivity contribution is 0.167. The Bertz CT molecular complexity index is 266. The van der Waals surface area contributed by atoms with Crippen LogP contribution in [-0.2, 0) is 0 Å². The maximum absolute atomic E-state index is 3.81. The zero-order valence-electron chi connectivity index (χ0n) is 12.1. The van der Waals surface area contributed by atoms with Crippen molar-refractivity contribution in [2.75, 3.05) is 26.2 Å². The first-order valence-electron chi connectivity index (χ1n) is 8.25. The number of nitrogens with zero attached hydrogens (tertiary/aromatic N) is 1. The summed E-state index contributed by atoms with van der Waals surface area (Å²) >= 11 is 0. The van der Waals surface area contributed by atoms with E-state index in [9.17, 15) is 0 Å². The zero-order chi connectivity index (χ0) is 12.4. The lowest BCUT2D eigenvalue weighted by Crippen LogP contribution is -2.42. The van der Waals surface area contributed by atoms with Gasteiger partial charge in [0.15, 0.2) is 0 Å². The molecule has 2 heteroatoms. The van der Waals surface area contributed by atoms with E-state index in [0.29, 0.717) is 5.41 Å². The normalized spacial score (nSPS) is 32.2. The molecule has 0 amide bonds. The van der Waals surface area contributed by atoms with Gasteiger partial charge in [-0.25, -0.2) is 0 Å². The first-order valence-corrected chi connectivity index (χ1v) is 8.25. The van der Waals surface area contributed by atoms with E-state index in [4.69, 9.17) is 0 Å². The molecule has 0 radical (unpaired) electrons. The molecule has 0 aromatic carbocycles. The Morgan fingerprint density at radius 3 is 2.56 bits per heavy atom. The summed E-state index contributed by atoms with van der Waals surface area (Å²) in [5.41, 5.74) is 0.630. The van der Waals surface area contributed by atoms with Crippen LogP contribution in [0.1, 0.15) is 58.3 Å². The smallest absolute Gasteiger partial charge is 0.00684 e. The molecule has 1 heterocycles. The number of hydrogen-bond donors (Lipinski definition) is 1. The number of hydrogen-bond acceptors (Lipinski definition) is 2. The van der Waals surface area contributed by atoms with Gasteiger partial charge in [-0.2, -0.15) is 0 Å². The highest BCUT2D eigenvalue weighted by Crippen LogP contribution is 2.40. The van der Waals surface area contributed by atoms with E-state index in [0.717, 1.165) is 12.0 Å². The van der Waals surface area contributed by atoms with Gasteiger partial charge in [0, 0.05) is 25.7 Å². The highest BCUT2D eigenvalue weighted by molar-refractivity contribution is 4.93. The molecule has 18 heavy (non-hydrogen) atoms. The Hall–Kier alpha value is -0.0800. The van der Waals surface area contributed by atoms with Crippen LogP contribution < -0.4 is 5.32 Å². The van der Waals surface area contributed by atoms with E-state index >= 15 is 0 Å². The molecule has 1 unspecified atom stereocenters. The fourth-order valence-corrected chi connectivity index (χ4v) is 4.03. The van der Waals surface area contributed by atoms with Crippen LogP contribution in [0.4, 0.5) is 0 Å². The van der Waals surface area contributed by atoms with Crippen LogP contribution in [0.5, 0.6) is 0 Å². The largest absolute Gasteiger partial charge is 0.313 e. The van der Waals surface area contributed by atoms with E-state index in [2.05, 4.69) is 17.1 Å². The van der Waals surface area contributed by atoms with Crippen LogP contribution >= 0.6 is 0 Å². The lowest BCUT2D eigenvalue weighted by atomic mass is 9.85. The van der Waals surface area contributed by atoms with Crippen molar-refractivity contribution in [3.8, 4) is 0 Å². The highest BCUT2D eigenvalue weighted by atomic mass is 15.2.